The third-order valence-electron chi connectivity index (χ3n) is 4.56. The molecule has 0 saturated carbocycles. The van der Waals surface area contributed by atoms with E-state index in [1.54, 1.807) is 13.4 Å². The third-order valence-corrected chi connectivity index (χ3v) is 4.56. The lowest BCUT2D eigenvalue weighted by molar-refractivity contribution is -0.671. The zero-order valence-electron chi connectivity index (χ0n) is 14.9. The fraction of sp³-hybridized carbons (Fsp3) is 0.273. The predicted molar refractivity (Wildman–Crippen MR) is 99.8 cm³/mol. The van der Waals surface area contributed by atoms with Gasteiger partial charge in [0.05, 0.1) is 19.9 Å². The first-order valence-electron chi connectivity index (χ1n) is 8.81. The molecule has 3 heteroatoms. The van der Waals surface area contributed by atoms with Gasteiger partial charge in [-0.15, -0.1) is 0 Å². The molecule has 3 nitrogen and oxygen atoms in total. The van der Waals surface area contributed by atoms with Crippen LogP contribution in [-0.4, -0.2) is 13.7 Å². The summed E-state index contributed by atoms with van der Waals surface area (Å²) in [5, 5.41) is 2.35. The summed E-state index contributed by atoms with van der Waals surface area (Å²) in [7, 11) is 1.70. The monoisotopic (exact) mass is 336 g/mol. The number of quaternary nitrogens is 1. The Morgan fingerprint density at radius 2 is 1.76 bits per heavy atom. The average Bonchev–Trinajstić information content (AvgIpc) is 3.18. The Kier molecular flexibility index (Phi) is 5.91. The Bertz CT molecular complexity index is 746. The quantitative estimate of drug-likeness (QED) is 0.634. The Morgan fingerprint density at radius 3 is 2.40 bits per heavy atom. The van der Waals surface area contributed by atoms with Crippen molar-refractivity contribution in [1.82, 2.24) is 0 Å². The highest BCUT2D eigenvalue weighted by Crippen LogP contribution is 2.28. The standard InChI is InChI=1S/C22H25NO2/c1-17-5-9-19(10-6-17)21(22-4-3-15-25-22)13-14-23-16-18-7-11-20(24-2)12-8-18/h3-12,15,21,23H,13-14,16H2,1-2H3/p+1/t21-/m1/s1. The van der Waals surface area contributed by atoms with E-state index in [1.807, 2.05) is 18.2 Å². The molecule has 0 radical (unpaired) electrons. The van der Waals surface area contributed by atoms with Crippen LogP contribution in [0.2, 0.25) is 0 Å². The van der Waals surface area contributed by atoms with Crippen LogP contribution in [0.5, 0.6) is 5.75 Å². The number of aryl methyl sites for hydroxylation is 1. The number of rotatable bonds is 8. The smallest absolute Gasteiger partial charge is 0.118 e. The largest absolute Gasteiger partial charge is 0.497 e. The molecule has 2 N–H and O–H groups in total. The zero-order chi connectivity index (χ0) is 17.5. The minimum atomic E-state index is 0.308. The molecular formula is C22H26NO2+. The van der Waals surface area contributed by atoms with Gasteiger partial charge in [0.1, 0.15) is 18.1 Å². The number of nitrogens with two attached hydrogens (primary N) is 1. The second kappa shape index (κ2) is 8.54. The van der Waals surface area contributed by atoms with Crippen LogP contribution in [0.3, 0.4) is 0 Å². The molecule has 0 fully saturated rings. The number of hydrogen-bond acceptors (Lipinski definition) is 2. The van der Waals surface area contributed by atoms with E-state index in [-0.39, 0.29) is 0 Å². The van der Waals surface area contributed by atoms with Crippen LogP contribution >= 0.6 is 0 Å². The SMILES string of the molecule is COc1ccc(C[NH2+]CC[C@H](c2ccc(C)cc2)c2ccco2)cc1. The highest BCUT2D eigenvalue weighted by Gasteiger charge is 2.17. The maximum absolute atomic E-state index is 5.69. The molecule has 1 atom stereocenters. The summed E-state index contributed by atoms with van der Waals surface area (Å²) in [6, 6.07) is 21.1. The van der Waals surface area contributed by atoms with Crippen molar-refractivity contribution in [2.24, 2.45) is 0 Å². The minimum absolute atomic E-state index is 0.308. The van der Waals surface area contributed by atoms with Gasteiger partial charge in [-0.3, -0.25) is 0 Å². The van der Waals surface area contributed by atoms with Gasteiger partial charge in [-0.05, 0) is 48.9 Å². The molecule has 1 aromatic heterocycles. The van der Waals surface area contributed by atoms with Gasteiger partial charge in [0.15, 0.2) is 0 Å². The van der Waals surface area contributed by atoms with E-state index in [1.165, 1.54) is 16.7 Å². The van der Waals surface area contributed by atoms with Gasteiger partial charge in [0.25, 0.3) is 0 Å². The van der Waals surface area contributed by atoms with Gasteiger partial charge in [0, 0.05) is 17.9 Å². The van der Waals surface area contributed by atoms with Gasteiger partial charge in [-0.25, -0.2) is 0 Å². The molecule has 1 heterocycles. The lowest BCUT2D eigenvalue weighted by atomic mass is 9.92. The van der Waals surface area contributed by atoms with Crippen molar-refractivity contribution in [3.05, 3.63) is 89.4 Å². The molecule has 130 valence electrons. The topological polar surface area (TPSA) is 39.0 Å². The van der Waals surface area contributed by atoms with Crippen molar-refractivity contribution in [3.8, 4) is 5.75 Å². The Morgan fingerprint density at radius 1 is 1.00 bits per heavy atom. The van der Waals surface area contributed by atoms with Crippen molar-refractivity contribution in [2.75, 3.05) is 13.7 Å². The lowest BCUT2D eigenvalue weighted by Gasteiger charge is -2.15. The second-order valence-corrected chi connectivity index (χ2v) is 6.40. The van der Waals surface area contributed by atoms with Crippen molar-refractivity contribution in [2.45, 2.75) is 25.8 Å². The van der Waals surface area contributed by atoms with E-state index in [0.29, 0.717) is 5.92 Å². The van der Waals surface area contributed by atoms with E-state index in [0.717, 1.165) is 31.0 Å². The molecule has 0 bridgehead atoms. The number of hydrogen-bond donors (Lipinski definition) is 1. The summed E-state index contributed by atoms with van der Waals surface area (Å²) < 4.78 is 10.9. The molecule has 0 aliphatic heterocycles. The fourth-order valence-electron chi connectivity index (χ4n) is 3.08. The van der Waals surface area contributed by atoms with Gasteiger partial charge in [0.2, 0.25) is 0 Å². The number of benzene rings is 2. The summed E-state index contributed by atoms with van der Waals surface area (Å²) in [4.78, 5) is 0. The maximum atomic E-state index is 5.69. The molecule has 0 unspecified atom stereocenters. The summed E-state index contributed by atoms with van der Waals surface area (Å²) >= 11 is 0. The first-order chi connectivity index (χ1) is 12.3. The number of furan rings is 1. The van der Waals surface area contributed by atoms with Crippen LogP contribution in [-0.2, 0) is 6.54 Å². The molecule has 3 rings (SSSR count). The molecule has 0 aliphatic rings. The molecule has 0 amide bonds. The molecular weight excluding hydrogens is 310 g/mol. The minimum Gasteiger partial charge on any atom is -0.497 e. The summed E-state index contributed by atoms with van der Waals surface area (Å²) in [5.41, 5.74) is 3.91. The van der Waals surface area contributed by atoms with Crippen LogP contribution in [0.1, 0.15) is 34.8 Å². The highest BCUT2D eigenvalue weighted by atomic mass is 16.5. The van der Waals surface area contributed by atoms with E-state index in [9.17, 15) is 0 Å². The van der Waals surface area contributed by atoms with Crippen molar-refractivity contribution in [3.63, 3.8) is 0 Å². The van der Waals surface area contributed by atoms with Crippen molar-refractivity contribution < 1.29 is 14.5 Å². The van der Waals surface area contributed by atoms with Crippen LogP contribution in [0, 0.1) is 6.92 Å². The zero-order valence-corrected chi connectivity index (χ0v) is 14.9. The van der Waals surface area contributed by atoms with Crippen LogP contribution in [0.25, 0.3) is 0 Å². The van der Waals surface area contributed by atoms with E-state index >= 15 is 0 Å². The molecule has 0 spiro atoms. The molecule has 25 heavy (non-hydrogen) atoms. The summed E-state index contributed by atoms with van der Waals surface area (Å²) in [5.74, 6) is 2.26. The first kappa shape index (κ1) is 17.3. The van der Waals surface area contributed by atoms with Gasteiger partial charge >= 0.3 is 0 Å². The lowest BCUT2D eigenvalue weighted by Crippen LogP contribution is -2.82. The van der Waals surface area contributed by atoms with E-state index in [4.69, 9.17) is 9.15 Å². The molecule has 3 aromatic rings. The van der Waals surface area contributed by atoms with Gasteiger partial charge in [-0.2, -0.15) is 0 Å². The molecule has 0 aliphatic carbocycles. The Labute approximate surface area is 149 Å². The molecule has 2 aromatic carbocycles. The Balaban J connectivity index is 1.58. The first-order valence-corrected chi connectivity index (χ1v) is 8.81. The van der Waals surface area contributed by atoms with Crippen molar-refractivity contribution >= 4 is 0 Å². The van der Waals surface area contributed by atoms with E-state index < -0.39 is 0 Å². The summed E-state index contributed by atoms with van der Waals surface area (Å²) in [6.07, 6.45) is 2.81. The second-order valence-electron chi connectivity index (χ2n) is 6.40. The predicted octanol–water partition coefficient (Wildman–Crippen LogP) is 3.88. The molecule has 0 saturated heterocycles. The normalized spacial score (nSPS) is 12.1. The third kappa shape index (κ3) is 4.74. The fourth-order valence-corrected chi connectivity index (χ4v) is 3.08. The average molecular weight is 336 g/mol. The number of methoxy groups -OCH3 is 1. The highest BCUT2D eigenvalue weighted by molar-refractivity contribution is 5.30. The van der Waals surface area contributed by atoms with Gasteiger partial charge < -0.3 is 14.5 Å². The van der Waals surface area contributed by atoms with Crippen LogP contribution < -0.4 is 10.1 Å². The maximum Gasteiger partial charge on any atom is 0.118 e. The number of ether oxygens (including phenoxy) is 1. The van der Waals surface area contributed by atoms with Gasteiger partial charge in [-0.1, -0.05) is 29.8 Å². The van der Waals surface area contributed by atoms with E-state index in [2.05, 4.69) is 54.7 Å². The van der Waals surface area contributed by atoms with Crippen LogP contribution in [0.4, 0.5) is 0 Å². The van der Waals surface area contributed by atoms with Crippen LogP contribution in [0.15, 0.2) is 71.3 Å². The Hall–Kier alpha value is -2.52. The summed E-state index contributed by atoms with van der Waals surface area (Å²) in [6.45, 7) is 4.14. The van der Waals surface area contributed by atoms with Crippen molar-refractivity contribution in [1.29, 1.82) is 0 Å².